The third-order valence-corrected chi connectivity index (χ3v) is 5.32. The van der Waals surface area contributed by atoms with Crippen LogP contribution in [0.1, 0.15) is 44.4 Å². The number of hydrogen-bond acceptors (Lipinski definition) is 4. The molecule has 0 aromatic carbocycles. The second kappa shape index (κ2) is 9.25. The van der Waals surface area contributed by atoms with E-state index in [-0.39, 0.29) is 12.1 Å². The van der Waals surface area contributed by atoms with Crippen LogP contribution in [-0.2, 0) is 0 Å². The first kappa shape index (κ1) is 18.3. The lowest BCUT2D eigenvalue weighted by Gasteiger charge is -2.28. The molecule has 1 aromatic heterocycles. The van der Waals surface area contributed by atoms with Gasteiger partial charge in [0, 0.05) is 26.2 Å². The molecule has 140 valence electrons. The zero-order valence-electron chi connectivity index (χ0n) is 15.5. The molecule has 0 spiro atoms. The van der Waals surface area contributed by atoms with Gasteiger partial charge in [-0.25, -0.2) is 4.79 Å². The van der Waals surface area contributed by atoms with E-state index in [4.69, 9.17) is 4.42 Å². The summed E-state index contributed by atoms with van der Waals surface area (Å²) in [7, 11) is 0. The molecule has 3 heterocycles. The molecule has 2 aliphatic rings. The summed E-state index contributed by atoms with van der Waals surface area (Å²) in [5, 5.41) is 3.16. The fraction of sp³-hybridized carbons (Fsp3) is 0.737. The fourth-order valence-corrected chi connectivity index (χ4v) is 3.95. The first-order valence-electron chi connectivity index (χ1n) is 9.80. The van der Waals surface area contributed by atoms with Crippen molar-refractivity contribution in [3.63, 3.8) is 0 Å². The van der Waals surface area contributed by atoms with Gasteiger partial charge in [0.2, 0.25) is 0 Å². The van der Waals surface area contributed by atoms with Gasteiger partial charge < -0.3 is 19.5 Å². The molecule has 2 saturated heterocycles. The highest BCUT2D eigenvalue weighted by Gasteiger charge is 2.27. The molecule has 2 aliphatic heterocycles. The van der Waals surface area contributed by atoms with Crippen LogP contribution in [0.15, 0.2) is 22.8 Å². The number of likely N-dealkylation sites (tertiary alicyclic amines) is 1. The molecular weight excluding hydrogens is 316 g/mol. The lowest BCUT2D eigenvalue weighted by Crippen LogP contribution is -2.45. The van der Waals surface area contributed by atoms with Gasteiger partial charge in [-0.05, 0) is 64.0 Å². The molecule has 6 nitrogen and oxygen atoms in total. The van der Waals surface area contributed by atoms with Gasteiger partial charge in [-0.3, -0.25) is 4.90 Å². The summed E-state index contributed by atoms with van der Waals surface area (Å²) in [4.78, 5) is 19.5. The molecule has 1 atom stereocenters. The topological polar surface area (TPSA) is 52.0 Å². The second-order valence-electron chi connectivity index (χ2n) is 7.14. The summed E-state index contributed by atoms with van der Waals surface area (Å²) in [5.41, 5.74) is 0. The van der Waals surface area contributed by atoms with E-state index in [1.165, 1.54) is 19.3 Å². The van der Waals surface area contributed by atoms with Gasteiger partial charge >= 0.3 is 6.03 Å². The molecular formula is C19H32N4O2. The minimum Gasteiger partial charge on any atom is -0.468 e. The molecule has 3 rings (SSSR count). The average Bonchev–Trinajstić information content (AvgIpc) is 3.28. The summed E-state index contributed by atoms with van der Waals surface area (Å²) in [5.74, 6) is 0.951. The number of nitrogens with one attached hydrogen (secondary N) is 1. The van der Waals surface area contributed by atoms with Crippen LogP contribution >= 0.6 is 0 Å². The minimum atomic E-state index is 0.0640. The number of hydrogen-bond donors (Lipinski definition) is 1. The lowest BCUT2D eigenvalue weighted by molar-refractivity contribution is 0.181. The third-order valence-electron chi connectivity index (χ3n) is 5.32. The van der Waals surface area contributed by atoms with Crippen molar-refractivity contribution in [2.45, 2.75) is 38.6 Å². The maximum absolute atomic E-state index is 12.7. The van der Waals surface area contributed by atoms with E-state index in [1.54, 1.807) is 6.26 Å². The maximum Gasteiger partial charge on any atom is 0.317 e. The first-order chi connectivity index (χ1) is 12.3. The fourth-order valence-electron chi connectivity index (χ4n) is 3.95. The van der Waals surface area contributed by atoms with Gasteiger partial charge in [-0.2, -0.15) is 0 Å². The van der Waals surface area contributed by atoms with Gasteiger partial charge in [0.25, 0.3) is 0 Å². The summed E-state index contributed by atoms with van der Waals surface area (Å²) in [6.07, 6.45) is 6.40. The van der Waals surface area contributed by atoms with E-state index in [0.717, 1.165) is 58.0 Å². The molecule has 1 aromatic rings. The van der Waals surface area contributed by atoms with E-state index in [0.29, 0.717) is 6.54 Å². The number of rotatable bonds is 6. The molecule has 25 heavy (non-hydrogen) atoms. The van der Waals surface area contributed by atoms with E-state index in [9.17, 15) is 4.79 Å². The molecule has 0 unspecified atom stereocenters. The van der Waals surface area contributed by atoms with E-state index in [2.05, 4.69) is 22.0 Å². The average molecular weight is 348 g/mol. The van der Waals surface area contributed by atoms with Crippen LogP contribution in [0.5, 0.6) is 0 Å². The third kappa shape index (κ3) is 4.98. The van der Waals surface area contributed by atoms with Crippen LogP contribution in [0.4, 0.5) is 4.79 Å². The van der Waals surface area contributed by atoms with Crippen LogP contribution in [0, 0.1) is 0 Å². The molecule has 2 amide bonds. The Morgan fingerprint density at radius 2 is 2.00 bits per heavy atom. The molecule has 0 saturated carbocycles. The molecule has 0 bridgehead atoms. The quantitative estimate of drug-likeness (QED) is 0.858. The van der Waals surface area contributed by atoms with Crippen LogP contribution in [0.3, 0.4) is 0 Å². The highest BCUT2D eigenvalue weighted by molar-refractivity contribution is 5.74. The van der Waals surface area contributed by atoms with E-state index in [1.807, 2.05) is 17.0 Å². The Kier molecular flexibility index (Phi) is 6.76. The number of carbonyl (C=O) groups excluding carboxylic acids is 1. The number of furan rings is 1. The number of urea groups is 1. The summed E-state index contributed by atoms with van der Waals surface area (Å²) < 4.78 is 5.63. The Morgan fingerprint density at radius 1 is 1.16 bits per heavy atom. The zero-order valence-corrected chi connectivity index (χ0v) is 15.5. The SMILES string of the molecule is CCCN1CCCN(C(=O)NC[C@H](c2ccco2)N2CCCC2)CC1. The van der Waals surface area contributed by atoms with Crippen molar-refractivity contribution < 1.29 is 9.21 Å². The zero-order chi connectivity index (χ0) is 17.5. The maximum atomic E-state index is 12.7. The first-order valence-corrected chi connectivity index (χ1v) is 9.80. The Morgan fingerprint density at radius 3 is 2.72 bits per heavy atom. The van der Waals surface area contributed by atoms with Crippen molar-refractivity contribution in [3.05, 3.63) is 24.2 Å². The van der Waals surface area contributed by atoms with Gasteiger partial charge in [0.15, 0.2) is 0 Å². The van der Waals surface area contributed by atoms with Crippen LogP contribution < -0.4 is 5.32 Å². The molecule has 0 radical (unpaired) electrons. The van der Waals surface area contributed by atoms with Crippen LogP contribution in [0.25, 0.3) is 0 Å². The van der Waals surface area contributed by atoms with E-state index < -0.39 is 0 Å². The lowest BCUT2D eigenvalue weighted by atomic mass is 10.2. The monoisotopic (exact) mass is 348 g/mol. The van der Waals surface area contributed by atoms with Gasteiger partial charge in [-0.1, -0.05) is 6.92 Å². The Balaban J connectivity index is 1.52. The van der Waals surface area contributed by atoms with Crippen molar-refractivity contribution in [2.24, 2.45) is 0 Å². The van der Waals surface area contributed by atoms with Crippen LogP contribution in [0.2, 0.25) is 0 Å². The standard InChI is InChI=1S/C19H32N4O2/c1-2-8-21-9-6-12-23(14-13-21)19(24)20-16-17(18-7-5-15-25-18)22-10-3-4-11-22/h5,7,15,17H,2-4,6,8-14,16H2,1H3,(H,20,24)/t17-/m1/s1. The normalized spacial score (nSPS) is 21.2. The van der Waals surface area contributed by atoms with Crippen LogP contribution in [-0.4, -0.2) is 73.1 Å². The predicted molar refractivity (Wildman–Crippen MR) is 98.6 cm³/mol. The minimum absolute atomic E-state index is 0.0640. The summed E-state index contributed by atoms with van der Waals surface area (Å²) >= 11 is 0. The number of amides is 2. The van der Waals surface area contributed by atoms with E-state index >= 15 is 0 Å². The second-order valence-corrected chi connectivity index (χ2v) is 7.14. The molecule has 2 fully saturated rings. The van der Waals surface area contributed by atoms with Gasteiger partial charge in [0.1, 0.15) is 5.76 Å². The van der Waals surface area contributed by atoms with Crippen molar-refractivity contribution >= 4 is 6.03 Å². The highest BCUT2D eigenvalue weighted by atomic mass is 16.3. The van der Waals surface area contributed by atoms with Crippen molar-refractivity contribution in [2.75, 3.05) is 52.4 Å². The number of nitrogens with zero attached hydrogens (tertiary/aromatic N) is 3. The molecule has 6 heteroatoms. The molecule has 0 aliphatic carbocycles. The highest BCUT2D eigenvalue weighted by Crippen LogP contribution is 2.24. The largest absolute Gasteiger partial charge is 0.468 e. The Labute approximate surface area is 151 Å². The van der Waals surface area contributed by atoms with Crippen molar-refractivity contribution in [1.82, 2.24) is 20.0 Å². The number of carbonyl (C=O) groups is 1. The van der Waals surface area contributed by atoms with Gasteiger partial charge in [0.05, 0.1) is 12.3 Å². The summed E-state index contributed by atoms with van der Waals surface area (Å²) in [6.45, 7) is 9.86. The van der Waals surface area contributed by atoms with Crippen molar-refractivity contribution in [1.29, 1.82) is 0 Å². The van der Waals surface area contributed by atoms with Gasteiger partial charge in [-0.15, -0.1) is 0 Å². The molecule has 1 N–H and O–H groups in total. The Hall–Kier alpha value is -1.53. The smallest absolute Gasteiger partial charge is 0.317 e. The van der Waals surface area contributed by atoms with Crippen molar-refractivity contribution in [3.8, 4) is 0 Å². The summed E-state index contributed by atoms with van der Waals surface area (Å²) in [6, 6.07) is 4.15. The predicted octanol–water partition coefficient (Wildman–Crippen LogP) is 2.54. The Bertz CT molecular complexity index is 514.